The molecule has 1 heterocycles. The molecule has 0 aliphatic carbocycles. The van der Waals surface area contributed by atoms with Gasteiger partial charge in [0.05, 0.1) is 0 Å². The second kappa shape index (κ2) is 7.34. The summed E-state index contributed by atoms with van der Waals surface area (Å²) in [5.74, 6) is 0. The molecule has 1 unspecified atom stereocenters. The highest BCUT2D eigenvalue weighted by Gasteiger charge is 2.10. The predicted molar refractivity (Wildman–Crippen MR) is 58.0 cm³/mol. The van der Waals surface area contributed by atoms with Gasteiger partial charge in [-0.05, 0) is 45.3 Å². The summed E-state index contributed by atoms with van der Waals surface area (Å²) >= 11 is 0. The summed E-state index contributed by atoms with van der Waals surface area (Å²) < 4.78 is 0. The molecule has 1 fully saturated rings. The van der Waals surface area contributed by atoms with Crippen molar-refractivity contribution in [2.75, 3.05) is 19.6 Å². The minimum Gasteiger partial charge on any atom is -0.317 e. The number of rotatable bonds is 6. The Morgan fingerprint density at radius 3 is 2.92 bits per heavy atom. The summed E-state index contributed by atoms with van der Waals surface area (Å²) in [7, 11) is 0. The van der Waals surface area contributed by atoms with Crippen molar-refractivity contribution >= 4 is 0 Å². The first kappa shape index (κ1) is 11.0. The number of hydrogen-bond donors (Lipinski definition) is 2. The molecule has 0 bridgehead atoms. The molecule has 1 saturated heterocycles. The molecule has 13 heavy (non-hydrogen) atoms. The molecule has 0 amide bonds. The molecule has 2 N–H and O–H groups in total. The zero-order chi connectivity index (χ0) is 9.36. The Morgan fingerprint density at radius 2 is 2.23 bits per heavy atom. The van der Waals surface area contributed by atoms with E-state index < -0.39 is 0 Å². The van der Waals surface area contributed by atoms with Gasteiger partial charge in [-0.3, -0.25) is 0 Å². The Kier molecular flexibility index (Phi) is 6.21. The van der Waals surface area contributed by atoms with Crippen molar-refractivity contribution in [3.63, 3.8) is 0 Å². The molecule has 0 aromatic heterocycles. The second-order valence-corrected chi connectivity index (χ2v) is 4.04. The van der Waals surface area contributed by atoms with E-state index in [4.69, 9.17) is 0 Å². The number of hydrogen-bond acceptors (Lipinski definition) is 2. The Hall–Kier alpha value is -0.0800. The predicted octanol–water partition coefficient (Wildman–Crippen LogP) is 1.91. The van der Waals surface area contributed by atoms with Crippen molar-refractivity contribution < 1.29 is 0 Å². The van der Waals surface area contributed by atoms with E-state index >= 15 is 0 Å². The molecule has 0 aromatic rings. The lowest BCUT2D eigenvalue weighted by molar-refractivity contribution is 0.376. The fourth-order valence-electron chi connectivity index (χ4n) is 1.87. The Bertz CT molecular complexity index is 109. The number of nitrogens with one attached hydrogen (secondary N) is 2. The minimum atomic E-state index is 0.794. The molecule has 0 saturated carbocycles. The average Bonchev–Trinajstić information content (AvgIpc) is 2.19. The van der Waals surface area contributed by atoms with Crippen LogP contribution < -0.4 is 10.6 Å². The molecular formula is C11H24N2. The lowest BCUT2D eigenvalue weighted by Crippen LogP contribution is -2.36. The molecular weight excluding hydrogens is 160 g/mol. The van der Waals surface area contributed by atoms with Gasteiger partial charge in [-0.15, -0.1) is 0 Å². The summed E-state index contributed by atoms with van der Waals surface area (Å²) in [6, 6.07) is 0.794. The lowest BCUT2D eigenvalue weighted by atomic mass is 10.0. The van der Waals surface area contributed by atoms with Gasteiger partial charge in [0.1, 0.15) is 0 Å². The van der Waals surface area contributed by atoms with Crippen molar-refractivity contribution in [2.24, 2.45) is 0 Å². The van der Waals surface area contributed by atoms with Crippen LogP contribution in [0, 0.1) is 0 Å². The van der Waals surface area contributed by atoms with Gasteiger partial charge in [-0.25, -0.2) is 0 Å². The van der Waals surface area contributed by atoms with Gasteiger partial charge in [-0.2, -0.15) is 0 Å². The molecule has 2 nitrogen and oxygen atoms in total. The first-order valence-electron chi connectivity index (χ1n) is 5.87. The number of piperidine rings is 1. The standard InChI is InChI=1S/C11H24N2/c1-2-3-8-12-10-7-11-6-4-5-9-13-11/h11-13H,2-10H2,1H3. The maximum absolute atomic E-state index is 3.57. The highest BCUT2D eigenvalue weighted by molar-refractivity contribution is 4.72. The van der Waals surface area contributed by atoms with Gasteiger partial charge in [0.15, 0.2) is 0 Å². The van der Waals surface area contributed by atoms with E-state index in [9.17, 15) is 0 Å². The van der Waals surface area contributed by atoms with E-state index in [-0.39, 0.29) is 0 Å². The van der Waals surface area contributed by atoms with Crippen LogP contribution in [0.4, 0.5) is 0 Å². The van der Waals surface area contributed by atoms with Crippen LogP contribution in [-0.2, 0) is 0 Å². The monoisotopic (exact) mass is 184 g/mol. The van der Waals surface area contributed by atoms with Crippen LogP contribution >= 0.6 is 0 Å². The lowest BCUT2D eigenvalue weighted by Gasteiger charge is -2.23. The van der Waals surface area contributed by atoms with Crippen LogP contribution in [0.3, 0.4) is 0 Å². The van der Waals surface area contributed by atoms with Crippen molar-refractivity contribution in [1.82, 2.24) is 10.6 Å². The molecule has 0 spiro atoms. The maximum Gasteiger partial charge on any atom is 0.00791 e. The molecule has 1 aliphatic heterocycles. The van der Waals surface area contributed by atoms with Crippen LogP contribution in [-0.4, -0.2) is 25.7 Å². The van der Waals surface area contributed by atoms with Gasteiger partial charge in [0.2, 0.25) is 0 Å². The van der Waals surface area contributed by atoms with E-state index in [2.05, 4.69) is 17.6 Å². The highest BCUT2D eigenvalue weighted by Crippen LogP contribution is 2.08. The highest BCUT2D eigenvalue weighted by atomic mass is 14.9. The third-order valence-electron chi connectivity index (χ3n) is 2.79. The van der Waals surface area contributed by atoms with Crippen molar-refractivity contribution in [2.45, 2.75) is 51.5 Å². The van der Waals surface area contributed by atoms with E-state index in [1.54, 1.807) is 0 Å². The van der Waals surface area contributed by atoms with E-state index in [0.29, 0.717) is 0 Å². The Balaban J connectivity index is 1.86. The van der Waals surface area contributed by atoms with Crippen LogP contribution in [0.2, 0.25) is 0 Å². The third-order valence-corrected chi connectivity index (χ3v) is 2.79. The van der Waals surface area contributed by atoms with Gasteiger partial charge >= 0.3 is 0 Å². The molecule has 2 heteroatoms. The van der Waals surface area contributed by atoms with Crippen molar-refractivity contribution in [3.8, 4) is 0 Å². The van der Waals surface area contributed by atoms with E-state index in [1.807, 2.05) is 0 Å². The molecule has 1 aliphatic rings. The molecule has 1 rings (SSSR count). The van der Waals surface area contributed by atoms with Crippen LogP contribution in [0.5, 0.6) is 0 Å². The largest absolute Gasteiger partial charge is 0.317 e. The molecule has 78 valence electrons. The Labute approximate surface area is 82.5 Å². The van der Waals surface area contributed by atoms with Gasteiger partial charge in [0, 0.05) is 6.04 Å². The smallest absolute Gasteiger partial charge is 0.00791 e. The van der Waals surface area contributed by atoms with Gasteiger partial charge in [-0.1, -0.05) is 19.8 Å². The summed E-state index contributed by atoms with van der Waals surface area (Å²) in [5, 5.41) is 7.06. The summed E-state index contributed by atoms with van der Waals surface area (Å²) in [4.78, 5) is 0. The van der Waals surface area contributed by atoms with E-state index in [1.165, 1.54) is 58.2 Å². The quantitative estimate of drug-likeness (QED) is 0.616. The Morgan fingerprint density at radius 1 is 1.31 bits per heavy atom. The number of unbranched alkanes of at least 4 members (excludes halogenated alkanes) is 1. The maximum atomic E-state index is 3.57. The van der Waals surface area contributed by atoms with Crippen LogP contribution in [0.15, 0.2) is 0 Å². The normalized spacial score (nSPS) is 23.3. The van der Waals surface area contributed by atoms with Gasteiger partial charge < -0.3 is 10.6 Å². The fraction of sp³-hybridized carbons (Fsp3) is 1.00. The molecule has 0 radical (unpaired) electrons. The summed E-state index contributed by atoms with van der Waals surface area (Å²) in [6.45, 7) is 5.87. The summed E-state index contributed by atoms with van der Waals surface area (Å²) in [6.07, 6.45) is 8.11. The van der Waals surface area contributed by atoms with Crippen LogP contribution in [0.25, 0.3) is 0 Å². The van der Waals surface area contributed by atoms with Crippen LogP contribution in [0.1, 0.15) is 45.4 Å². The topological polar surface area (TPSA) is 24.1 Å². The third kappa shape index (κ3) is 5.27. The van der Waals surface area contributed by atoms with Gasteiger partial charge in [0.25, 0.3) is 0 Å². The minimum absolute atomic E-state index is 0.794. The van der Waals surface area contributed by atoms with E-state index in [0.717, 1.165) is 6.04 Å². The second-order valence-electron chi connectivity index (χ2n) is 4.04. The van der Waals surface area contributed by atoms with Crippen molar-refractivity contribution in [1.29, 1.82) is 0 Å². The zero-order valence-corrected chi connectivity index (χ0v) is 8.94. The molecule has 0 aromatic carbocycles. The molecule has 1 atom stereocenters. The SMILES string of the molecule is CCCCNCCC1CCCCN1. The summed E-state index contributed by atoms with van der Waals surface area (Å²) in [5.41, 5.74) is 0. The first-order valence-corrected chi connectivity index (χ1v) is 5.87. The van der Waals surface area contributed by atoms with Crippen molar-refractivity contribution in [3.05, 3.63) is 0 Å². The first-order chi connectivity index (χ1) is 6.43. The zero-order valence-electron chi connectivity index (χ0n) is 8.94. The fourth-order valence-corrected chi connectivity index (χ4v) is 1.87. The average molecular weight is 184 g/mol.